The number of carbonyl (C=O) groups is 3. The third-order valence-electron chi connectivity index (χ3n) is 4.81. The molecule has 2 atom stereocenters. The highest BCUT2D eigenvalue weighted by Gasteiger charge is 2.51. The molecule has 0 saturated carbocycles. The molecule has 6 nitrogen and oxygen atoms in total. The number of hydrogen-bond acceptors (Lipinski definition) is 6. The van der Waals surface area contributed by atoms with Gasteiger partial charge in [-0.2, -0.15) is 0 Å². The Balaban J connectivity index is 1.86. The van der Waals surface area contributed by atoms with Gasteiger partial charge in [0.1, 0.15) is 12.2 Å². The SMILES string of the molecule is COC(=O)C1=C(C(=O)OC)C2OC1C1=C2C=C2C=CC(=O)C=CC(=C1)C2. The van der Waals surface area contributed by atoms with E-state index in [1.165, 1.54) is 26.4 Å². The van der Waals surface area contributed by atoms with Crippen molar-refractivity contribution in [2.75, 3.05) is 14.2 Å². The molecule has 26 heavy (non-hydrogen) atoms. The first-order chi connectivity index (χ1) is 12.5. The number of allylic oxidation sites excluding steroid dienone is 6. The van der Waals surface area contributed by atoms with Gasteiger partial charge in [-0.05, 0) is 40.9 Å². The summed E-state index contributed by atoms with van der Waals surface area (Å²) in [5, 5.41) is 0. The Hall–Kier alpha value is -2.99. The van der Waals surface area contributed by atoms with Gasteiger partial charge in [-0.15, -0.1) is 0 Å². The molecular formula is C20H16O6. The molecule has 4 aliphatic rings. The van der Waals surface area contributed by atoms with Crippen LogP contribution in [0.4, 0.5) is 0 Å². The number of hydrogen-bond donors (Lipinski definition) is 0. The van der Waals surface area contributed by atoms with E-state index < -0.39 is 24.1 Å². The van der Waals surface area contributed by atoms with E-state index >= 15 is 0 Å². The van der Waals surface area contributed by atoms with Gasteiger partial charge in [-0.3, -0.25) is 4.79 Å². The third kappa shape index (κ3) is 2.42. The molecule has 2 aliphatic carbocycles. The standard InChI is InChI=1S/C20H16O6/c1-24-19(22)15-16(20(23)25-2)18-14-9-11-4-6-12(21)5-3-10(7-11)8-13(14)17(15)26-18/h3-6,8-9,17-18H,7H2,1-2H3. The van der Waals surface area contributed by atoms with Crippen LogP contribution in [0.3, 0.4) is 0 Å². The Morgan fingerprint density at radius 1 is 0.885 bits per heavy atom. The van der Waals surface area contributed by atoms with Crippen LogP contribution < -0.4 is 0 Å². The fourth-order valence-electron chi connectivity index (χ4n) is 3.67. The normalized spacial score (nSPS) is 26.0. The molecule has 2 aliphatic heterocycles. The minimum Gasteiger partial charge on any atom is -0.466 e. The van der Waals surface area contributed by atoms with Crippen molar-refractivity contribution in [1.29, 1.82) is 0 Å². The molecule has 6 heteroatoms. The highest BCUT2D eigenvalue weighted by molar-refractivity contribution is 6.05. The van der Waals surface area contributed by atoms with Gasteiger partial charge >= 0.3 is 11.9 Å². The van der Waals surface area contributed by atoms with Crippen LogP contribution in [0.25, 0.3) is 0 Å². The second-order valence-corrected chi connectivity index (χ2v) is 6.30. The average Bonchev–Trinajstić information content (AvgIpc) is 3.10. The summed E-state index contributed by atoms with van der Waals surface area (Å²) in [6.07, 6.45) is 9.67. The molecular weight excluding hydrogens is 336 g/mol. The zero-order chi connectivity index (χ0) is 18.4. The van der Waals surface area contributed by atoms with Gasteiger partial charge in [-0.1, -0.05) is 24.3 Å². The first-order valence-electron chi connectivity index (χ1n) is 8.15. The summed E-state index contributed by atoms with van der Waals surface area (Å²) in [6.45, 7) is 0. The van der Waals surface area contributed by atoms with Crippen molar-refractivity contribution in [3.05, 3.63) is 69.9 Å². The quantitative estimate of drug-likeness (QED) is 0.703. The number of ketones is 1. The van der Waals surface area contributed by atoms with Crippen LogP contribution >= 0.6 is 0 Å². The van der Waals surface area contributed by atoms with Gasteiger partial charge in [0.2, 0.25) is 0 Å². The maximum absolute atomic E-state index is 12.3. The van der Waals surface area contributed by atoms with E-state index in [1.54, 1.807) is 12.2 Å². The van der Waals surface area contributed by atoms with Crippen molar-refractivity contribution in [3.8, 4) is 0 Å². The molecule has 0 amide bonds. The molecule has 0 aromatic carbocycles. The van der Waals surface area contributed by atoms with Gasteiger partial charge in [0, 0.05) is 0 Å². The van der Waals surface area contributed by atoms with Crippen molar-refractivity contribution in [3.63, 3.8) is 0 Å². The van der Waals surface area contributed by atoms with Gasteiger partial charge in [-0.25, -0.2) is 9.59 Å². The highest BCUT2D eigenvalue weighted by Crippen LogP contribution is 2.47. The van der Waals surface area contributed by atoms with Crippen molar-refractivity contribution >= 4 is 17.7 Å². The van der Waals surface area contributed by atoms with Crippen LogP contribution in [-0.2, 0) is 28.6 Å². The number of rotatable bonds is 2. The topological polar surface area (TPSA) is 78.9 Å². The van der Waals surface area contributed by atoms with Crippen LogP contribution in [0.1, 0.15) is 6.42 Å². The summed E-state index contributed by atoms with van der Waals surface area (Å²) in [5.41, 5.74) is 3.83. The molecule has 0 fully saturated rings. The minimum absolute atomic E-state index is 0.0913. The number of fused-ring (bicyclic) bond motifs is 6. The van der Waals surface area contributed by atoms with Crippen molar-refractivity contribution in [2.24, 2.45) is 0 Å². The van der Waals surface area contributed by atoms with Gasteiger partial charge in [0.05, 0.1) is 25.4 Å². The molecule has 0 spiro atoms. The number of ether oxygens (including phenoxy) is 3. The van der Waals surface area contributed by atoms with Crippen LogP contribution in [0, 0.1) is 0 Å². The average molecular weight is 352 g/mol. The summed E-state index contributed by atoms with van der Waals surface area (Å²) in [7, 11) is 2.53. The lowest BCUT2D eigenvalue weighted by atomic mass is 9.85. The summed E-state index contributed by atoms with van der Waals surface area (Å²) in [4.78, 5) is 36.3. The maximum atomic E-state index is 12.3. The van der Waals surface area contributed by atoms with Crippen molar-refractivity contribution in [2.45, 2.75) is 18.6 Å². The Morgan fingerprint density at radius 3 is 1.77 bits per heavy atom. The first kappa shape index (κ1) is 16.5. The molecule has 4 rings (SSSR count). The molecule has 0 aromatic heterocycles. The van der Waals surface area contributed by atoms with Gasteiger partial charge < -0.3 is 14.2 Å². The third-order valence-corrected chi connectivity index (χ3v) is 4.81. The smallest absolute Gasteiger partial charge is 0.337 e. The molecule has 0 aromatic rings. The monoisotopic (exact) mass is 352 g/mol. The Bertz CT molecular complexity index is 852. The van der Waals surface area contributed by atoms with E-state index in [1.807, 2.05) is 12.2 Å². The van der Waals surface area contributed by atoms with Gasteiger partial charge in [0.25, 0.3) is 0 Å². The maximum Gasteiger partial charge on any atom is 0.337 e. The molecule has 4 bridgehead atoms. The van der Waals surface area contributed by atoms with Crippen LogP contribution in [0.15, 0.2) is 69.9 Å². The zero-order valence-electron chi connectivity index (χ0n) is 14.3. The summed E-state index contributed by atoms with van der Waals surface area (Å²) < 4.78 is 15.7. The lowest BCUT2D eigenvalue weighted by molar-refractivity contribution is -0.139. The van der Waals surface area contributed by atoms with E-state index in [0.717, 1.165) is 22.3 Å². The Morgan fingerprint density at radius 2 is 1.35 bits per heavy atom. The van der Waals surface area contributed by atoms with E-state index in [9.17, 15) is 14.4 Å². The largest absolute Gasteiger partial charge is 0.466 e. The second kappa shape index (κ2) is 6.07. The number of methoxy groups -OCH3 is 2. The number of carbonyl (C=O) groups excluding carboxylic acids is 3. The Kier molecular flexibility index (Phi) is 3.85. The van der Waals surface area contributed by atoms with Crippen LogP contribution in [0.5, 0.6) is 0 Å². The van der Waals surface area contributed by atoms with E-state index in [0.29, 0.717) is 6.42 Å². The molecule has 2 heterocycles. The van der Waals surface area contributed by atoms with Crippen LogP contribution in [-0.4, -0.2) is 44.1 Å². The first-order valence-corrected chi connectivity index (χ1v) is 8.15. The van der Waals surface area contributed by atoms with Crippen molar-refractivity contribution < 1.29 is 28.6 Å². The summed E-state index contributed by atoms with van der Waals surface area (Å²) in [5.74, 6) is -1.31. The van der Waals surface area contributed by atoms with E-state index in [4.69, 9.17) is 14.2 Å². The lowest BCUT2D eigenvalue weighted by Gasteiger charge is -2.17. The lowest BCUT2D eigenvalue weighted by Crippen LogP contribution is -2.25. The van der Waals surface area contributed by atoms with Gasteiger partial charge in [0.15, 0.2) is 5.78 Å². The molecule has 0 N–H and O–H groups in total. The van der Waals surface area contributed by atoms with E-state index in [-0.39, 0.29) is 16.9 Å². The Labute approximate surface area is 149 Å². The molecule has 0 saturated heterocycles. The predicted molar refractivity (Wildman–Crippen MR) is 90.8 cm³/mol. The second-order valence-electron chi connectivity index (χ2n) is 6.30. The van der Waals surface area contributed by atoms with E-state index in [2.05, 4.69) is 0 Å². The van der Waals surface area contributed by atoms with Crippen molar-refractivity contribution in [1.82, 2.24) is 0 Å². The number of esters is 2. The summed E-state index contributed by atoms with van der Waals surface area (Å²) in [6, 6.07) is 0. The summed E-state index contributed by atoms with van der Waals surface area (Å²) >= 11 is 0. The molecule has 132 valence electrons. The fraction of sp³-hybridized carbons (Fsp3) is 0.250. The highest BCUT2D eigenvalue weighted by atomic mass is 16.5. The zero-order valence-corrected chi connectivity index (χ0v) is 14.3. The molecule has 0 radical (unpaired) electrons. The van der Waals surface area contributed by atoms with Crippen LogP contribution in [0.2, 0.25) is 0 Å². The molecule has 2 unspecified atom stereocenters. The fourth-order valence-corrected chi connectivity index (χ4v) is 3.67. The minimum atomic E-state index is -0.684. The predicted octanol–water partition coefficient (Wildman–Crippen LogP) is 1.66.